The fourth-order valence-corrected chi connectivity index (χ4v) is 3.91. The number of carbonyl (C=O) groups excluding carboxylic acids is 2. The van der Waals surface area contributed by atoms with E-state index in [1.54, 1.807) is 4.90 Å². The van der Waals surface area contributed by atoms with Crippen molar-refractivity contribution >= 4 is 11.8 Å². The molecule has 1 saturated heterocycles. The predicted octanol–water partition coefficient (Wildman–Crippen LogP) is 3.54. The molecule has 1 aliphatic carbocycles. The summed E-state index contributed by atoms with van der Waals surface area (Å²) in [6.45, 7) is -0.818. The van der Waals surface area contributed by atoms with Crippen molar-refractivity contribution in [3.8, 4) is 5.75 Å². The minimum atomic E-state index is -2.88. The van der Waals surface area contributed by atoms with E-state index in [0.29, 0.717) is 44.1 Å². The number of amides is 2. The van der Waals surface area contributed by atoms with Crippen LogP contribution in [-0.2, 0) is 4.79 Å². The molecule has 1 aromatic carbocycles. The van der Waals surface area contributed by atoms with Crippen molar-refractivity contribution in [2.45, 2.75) is 45.1 Å². The molecule has 5 nitrogen and oxygen atoms in total. The fourth-order valence-electron chi connectivity index (χ4n) is 3.91. The maximum Gasteiger partial charge on any atom is 0.387 e. The Morgan fingerprint density at radius 1 is 1.00 bits per heavy atom. The number of halogens is 2. The van der Waals surface area contributed by atoms with E-state index >= 15 is 0 Å². The molecular formula is C20H26F2N2O3. The van der Waals surface area contributed by atoms with Crippen LogP contribution in [0.15, 0.2) is 24.3 Å². The van der Waals surface area contributed by atoms with Crippen molar-refractivity contribution < 1.29 is 23.1 Å². The fraction of sp³-hybridized carbons (Fsp3) is 0.600. The molecule has 27 heavy (non-hydrogen) atoms. The number of alkyl halides is 2. The number of benzene rings is 1. The highest BCUT2D eigenvalue weighted by molar-refractivity contribution is 5.94. The van der Waals surface area contributed by atoms with Crippen molar-refractivity contribution in [1.29, 1.82) is 0 Å². The molecule has 0 aromatic heterocycles. The van der Waals surface area contributed by atoms with Crippen LogP contribution in [0.1, 0.15) is 48.9 Å². The molecule has 0 spiro atoms. The number of nitrogens with zero attached hydrogens (tertiary/aromatic N) is 2. The number of ether oxygens (including phenoxy) is 1. The molecule has 0 N–H and O–H groups in total. The van der Waals surface area contributed by atoms with Gasteiger partial charge in [0.25, 0.3) is 5.91 Å². The third-order valence-corrected chi connectivity index (χ3v) is 5.49. The van der Waals surface area contributed by atoms with Gasteiger partial charge in [0.05, 0.1) is 0 Å². The zero-order chi connectivity index (χ0) is 19.2. The molecule has 2 aliphatic rings. The van der Waals surface area contributed by atoms with Crippen molar-refractivity contribution in [3.63, 3.8) is 0 Å². The van der Waals surface area contributed by atoms with Crippen molar-refractivity contribution in [3.05, 3.63) is 29.8 Å². The van der Waals surface area contributed by atoms with E-state index in [0.717, 1.165) is 6.42 Å². The van der Waals surface area contributed by atoms with Crippen LogP contribution in [0.4, 0.5) is 8.78 Å². The van der Waals surface area contributed by atoms with Crippen LogP contribution in [0.5, 0.6) is 5.75 Å². The number of rotatable bonds is 6. The van der Waals surface area contributed by atoms with Gasteiger partial charge in [-0.2, -0.15) is 8.78 Å². The Kier molecular flexibility index (Phi) is 6.63. The molecule has 7 heteroatoms. The minimum absolute atomic E-state index is 0.0271. The van der Waals surface area contributed by atoms with E-state index in [-0.39, 0.29) is 17.6 Å². The van der Waals surface area contributed by atoms with Gasteiger partial charge in [0.2, 0.25) is 5.91 Å². The summed E-state index contributed by atoms with van der Waals surface area (Å²) in [4.78, 5) is 28.5. The summed E-state index contributed by atoms with van der Waals surface area (Å²) in [6.07, 6.45) is 6.65. The van der Waals surface area contributed by atoms with Gasteiger partial charge in [-0.25, -0.2) is 0 Å². The molecule has 2 amide bonds. The van der Waals surface area contributed by atoms with Crippen LogP contribution in [0.2, 0.25) is 0 Å². The van der Waals surface area contributed by atoms with Gasteiger partial charge in [0.1, 0.15) is 5.75 Å². The monoisotopic (exact) mass is 380 g/mol. The van der Waals surface area contributed by atoms with E-state index in [2.05, 4.69) is 4.74 Å². The lowest BCUT2D eigenvalue weighted by Gasteiger charge is -2.35. The molecule has 2 fully saturated rings. The molecule has 1 aliphatic heterocycles. The molecule has 0 bridgehead atoms. The SMILES string of the molecule is O=C(CCC1CCCC1)N1CCN(C(=O)c2ccc(OC(F)F)cc2)CC1. The summed E-state index contributed by atoms with van der Waals surface area (Å²) >= 11 is 0. The number of carbonyl (C=O) groups is 2. The van der Waals surface area contributed by atoms with Crippen LogP contribution in [0, 0.1) is 5.92 Å². The Labute approximate surface area is 158 Å². The second-order valence-electron chi connectivity index (χ2n) is 7.27. The van der Waals surface area contributed by atoms with Crippen molar-refractivity contribution in [2.24, 2.45) is 5.92 Å². The quantitative estimate of drug-likeness (QED) is 0.758. The Hall–Kier alpha value is -2.18. The number of hydrogen-bond acceptors (Lipinski definition) is 3. The molecule has 1 aromatic rings. The average molecular weight is 380 g/mol. The smallest absolute Gasteiger partial charge is 0.387 e. The van der Waals surface area contributed by atoms with E-state index < -0.39 is 6.61 Å². The van der Waals surface area contributed by atoms with Gasteiger partial charge in [0, 0.05) is 38.2 Å². The molecule has 3 rings (SSSR count). The van der Waals surface area contributed by atoms with Gasteiger partial charge < -0.3 is 14.5 Å². The van der Waals surface area contributed by atoms with Gasteiger partial charge >= 0.3 is 6.61 Å². The predicted molar refractivity (Wildman–Crippen MR) is 96.7 cm³/mol. The van der Waals surface area contributed by atoms with Gasteiger partial charge in [-0.05, 0) is 36.6 Å². The highest BCUT2D eigenvalue weighted by Crippen LogP contribution is 2.28. The largest absolute Gasteiger partial charge is 0.435 e. The first-order valence-electron chi connectivity index (χ1n) is 9.65. The lowest BCUT2D eigenvalue weighted by molar-refractivity contribution is -0.133. The van der Waals surface area contributed by atoms with E-state index in [1.165, 1.54) is 49.9 Å². The Balaban J connectivity index is 1.45. The lowest BCUT2D eigenvalue weighted by Crippen LogP contribution is -2.50. The minimum Gasteiger partial charge on any atom is -0.435 e. The van der Waals surface area contributed by atoms with Gasteiger partial charge in [-0.3, -0.25) is 9.59 Å². The third kappa shape index (κ3) is 5.40. The highest BCUT2D eigenvalue weighted by atomic mass is 19.3. The zero-order valence-electron chi connectivity index (χ0n) is 15.4. The maximum atomic E-state index is 12.5. The van der Waals surface area contributed by atoms with Crippen LogP contribution in [0.25, 0.3) is 0 Å². The molecular weight excluding hydrogens is 354 g/mol. The van der Waals surface area contributed by atoms with Gasteiger partial charge in [-0.1, -0.05) is 25.7 Å². The van der Waals surface area contributed by atoms with Gasteiger partial charge in [-0.15, -0.1) is 0 Å². The van der Waals surface area contributed by atoms with Crippen molar-refractivity contribution in [2.75, 3.05) is 26.2 Å². The molecule has 0 radical (unpaired) electrons. The summed E-state index contributed by atoms with van der Waals surface area (Å²) < 4.78 is 28.7. The summed E-state index contributed by atoms with van der Waals surface area (Å²) in [5, 5.41) is 0. The molecule has 0 unspecified atom stereocenters. The van der Waals surface area contributed by atoms with Gasteiger partial charge in [0.15, 0.2) is 0 Å². The van der Waals surface area contributed by atoms with Crippen LogP contribution >= 0.6 is 0 Å². The Morgan fingerprint density at radius 2 is 1.59 bits per heavy atom. The first kappa shape index (κ1) is 19.6. The number of piperazine rings is 1. The average Bonchev–Trinajstić information content (AvgIpc) is 3.19. The maximum absolute atomic E-state index is 12.5. The van der Waals surface area contributed by atoms with Crippen molar-refractivity contribution in [1.82, 2.24) is 9.80 Å². The summed E-state index contributed by atoms with van der Waals surface area (Å²) in [5.41, 5.74) is 0.428. The highest BCUT2D eigenvalue weighted by Gasteiger charge is 2.25. The normalized spacial score (nSPS) is 18.2. The van der Waals surface area contributed by atoms with Crippen LogP contribution < -0.4 is 4.74 Å². The topological polar surface area (TPSA) is 49.9 Å². The number of hydrogen-bond donors (Lipinski definition) is 0. The van der Waals surface area contributed by atoms with E-state index in [9.17, 15) is 18.4 Å². The van der Waals surface area contributed by atoms with Crippen LogP contribution in [0.3, 0.4) is 0 Å². The van der Waals surface area contributed by atoms with E-state index in [4.69, 9.17) is 0 Å². The summed E-state index contributed by atoms with van der Waals surface area (Å²) in [5.74, 6) is 0.757. The lowest BCUT2D eigenvalue weighted by atomic mass is 10.0. The molecule has 1 saturated carbocycles. The standard InChI is InChI=1S/C20H26F2N2O3/c21-20(22)27-17-8-6-16(7-9-17)19(26)24-13-11-23(12-14-24)18(25)10-5-15-3-1-2-4-15/h6-9,15,20H,1-5,10-14H2. The Bertz CT molecular complexity index is 637. The third-order valence-electron chi connectivity index (χ3n) is 5.49. The zero-order valence-corrected chi connectivity index (χ0v) is 15.4. The second-order valence-corrected chi connectivity index (χ2v) is 7.27. The molecule has 0 atom stereocenters. The summed E-state index contributed by atoms with van der Waals surface area (Å²) in [7, 11) is 0. The second kappa shape index (κ2) is 9.15. The first-order valence-corrected chi connectivity index (χ1v) is 9.65. The Morgan fingerprint density at radius 3 is 2.19 bits per heavy atom. The molecule has 148 valence electrons. The molecule has 1 heterocycles. The summed E-state index contributed by atoms with van der Waals surface area (Å²) in [6, 6.07) is 5.70. The van der Waals surface area contributed by atoms with Crippen LogP contribution in [-0.4, -0.2) is 54.4 Å². The first-order chi connectivity index (χ1) is 13.0. The van der Waals surface area contributed by atoms with E-state index in [1.807, 2.05) is 4.90 Å².